The molecule has 2 heterocycles. The monoisotopic (exact) mass is 1170 g/mol. The number of aliphatic imine (C=N–C) groups is 1. The van der Waals surface area contributed by atoms with Gasteiger partial charge in [-0.2, -0.15) is 0 Å². The summed E-state index contributed by atoms with van der Waals surface area (Å²) >= 11 is 0. The van der Waals surface area contributed by atoms with Crippen LogP contribution in [0.1, 0.15) is 109 Å². The average Bonchev–Trinajstić information content (AvgIpc) is 4.24. The highest BCUT2D eigenvalue weighted by atomic mass is 16.2. The Morgan fingerprint density at radius 2 is 1.30 bits per heavy atom. The summed E-state index contributed by atoms with van der Waals surface area (Å²) in [5.41, 5.74) is 45.3. The van der Waals surface area contributed by atoms with Crippen LogP contribution in [0.5, 0.6) is 0 Å². The second-order valence-electron chi connectivity index (χ2n) is 19.8. The Balaban J connectivity index is 2.35. The van der Waals surface area contributed by atoms with E-state index in [1.54, 1.807) is 0 Å². The van der Waals surface area contributed by atoms with E-state index in [4.69, 9.17) is 51.3 Å². The Kier molecular flexibility index (Phi) is 35.1. The maximum atomic E-state index is 14.4. The molecular weight excluding hydrogens is 1080 g/mol. The molecule has 2 rings (SSSR count). The number of aromatic amines is 1. The van der Waals surface area contributed by atoms with Crippen molar-refractivity contribution in [3.05, 3.63) is 30.0 Å². The van der Waals surface area contributed by atoms with Crippen LogP contribution < -0.4 is 93.7 Å². The van der Waals surface area contributed by atoms with Crippen LogP contribution in [0.2, 0.25) is 0 Å². The molecule has 1 aliphatic heterocycles. The lowest BCUT2D eigenvalue weighted by Crippen LogP contribution is -2.57. The number of rotatable bonds is 41. The first-order valence-electron chi connectivity index (χ1n) is 28.3. The minimum absolute atomic E-state index is 0.0273. The SMILES string of the molecule is C[C@H](NC(=O)[C@H](CCN)NC(=O)[C@@H](N)CCCCN)C(=O)NCC(=O)/N=C(\CCCN)C(=O)N1CCC[C@H]1C(=O)N[C@@H](Cc1cnc[nH]1)C(=O)N[C@@H](CCCCN)C(=O)N/C(=C\CCNC(=N)N)C(=O)N[C@@H](CCCCN)C(=O)NCCN. The Hall–Kier alpha value is -7.49. The van der Waals surface area contributed by atoms with Crippen LogP contribution in [-0.4, -0.2) is 193 Å². The summed E-state index contributed by atoms with van der Waals surface area (Å²) in [4.78, 5) is 149. The van der Waals surface area contributed by atoms with E-state index >= 15 is 0 Å². The minimum Gasteiger partial charge on any atom is -0.370 e. The van der Waals surface area contributed by atoms with Crippen LogP contribution in [0.4, 0.5) is 0 Å². The highest BCUT2D eigenvalue weighted by Crippen LogP contribution is 2.20. The van der Waals surface area contributed by atoms with Crippen molar-refractivity contribution < 1.29 is 47.9 Å². The molecule has 0 radical (unpaired) electrons. The van der Waals surface area contributed by atoms with Crippen molar-refractivity contribution in [1.82, 2.24) is 62.7 Å². The second kappa shape index (κ2) is 40.7. The van der Waals surface area contributed by atoms with Gasteiger partial charge in [-0.3, -0.25) is 53.4 Å². The van der Waals surface area contributed by atoms with Crippen LogP contribution in [0.3, 0.4) is 0 Å². The van der Waals surface area contributed by atoms with Gasteiger partial charge >= 0.3 is 0 Å². The van der Waals surface area contributed by atoms with Gasteiger partial charge in [-0.05, 0) is 130 Å². The van der Waals surface area contributed by atoms with Crippen molar-refractivity contribution >= 4 is 70.7 Å². The largest absolute Gasteiger partial charge is 0.370 e. The zero-order valence-electron chi connectivity index (χ0n) is 47.7. The number of guanidine groups is 1. The number of carbonyl (C=O) groups is 10. The number of unbranched alkanes of at least 4 members (excludes halogenated alkanes) is 3. The van der Waals surface area contributed by atoms with E-state index in [-0.39, 0.29) is 115 Å². The fraction of sp³-hybridized carbons (Fsp3) is 0.667. The number of likely N-dealkylation sites (tertiary alicyclic amines) is 1. The molecule has 32 nitrogen and oxygen atoms in total. The van der Waals surface area contributed by atoms with E-state index in [1.165, 1.54) is 30.4 Å². The van der Waals surface area contributed by atoms with Crippen LogP contribution >= 0.6 is 0 Å². The van der Waals surface area contributed by atoms with Gasteiger partial charge < -0.3 is 104 Å². The molecule has 83 heavy (non-hydrogen) atoms. The fourth-order valence-electron chi connectivity index (χ4n) is 8.45. The van der Waals surface area contributed by atoms with E-state index in [0.29, 0.717) is 70.2 Å². The third-order valence-electron chi connectivity index (χ3n) is 13.0. The predicted octanol–water partition coefficient (Wildman–Crippen LogP) is -6.78. The van der Waals surface area contributed by atoms with E-state index in [2.05, 4.69) is 62.8 Å². The van der Waals surface area contributed by atoms with Gasteiger partial charge in [-0.1, -0.05) is 12.5 Å². The summed E-state index contributed by atoms with van der Waals surface area (Å²) in [6.07, 6.45) is 8.46. The number of carbonyl (C=O) groups excluding carboxylic acids is 10. The predicted molar refractivity (Wildman–Crippen MR) is 309 cm³/mol. The van der Waals surface area contributed by atoms with Crippen molar-refractivity contribution in [2.45, 2.75) is 152 Å². The lowest BCUT2D eigenvalue weighted by atomic mass is 10.1. The van der Waals surface area contributed by atoms with Gasteiger partial charge in [0.05, 0.1) is 18.9 Å². The molecule has 7 atom stereocenters. The van der Waals surface area contributed by atoms with Gasteiger partial charge in [0.1, 0.15) is 47.7 Å². The first-order valence-corrected chi connectivity index (χ1v) is 28.3. The van der Waals surface area contributed by atoms with Crippen molar-refractivity contribution in [3.8, 4) is 0 Å². The zero-order valence-corrected chi connectivity index (χ0v) is 47.7. The van der Waals surface area contributed by atoms with Gasteiger partial charge in [-0.25, -0.2) is 9.98 Å². The summed E-state index contributed by atoms with van der Waals surface area (Å²) in [7, 11) is 0. The van der Waals surface area contributed by atoms with Crippen LogP contribution in [-0.2, 0) is 54.4 Å². The molecule has 466 valence electrons. The summed E-state index contributed by atoms with van der Waals surface area (Å²) in [5, 5.41) is 30.9. The van der Waals surface area contributed by atoms with Crippen LogP contribution in [0, 0.1) is 5.41 Å². The fourth-order valence-corrected chi connectivity index (χ4v) is 8.45. The molecule has 27 N–H and O–H groups in total. The topological polar surface area (TPSA) is 555 Å². The minimum atomic E-state index is -1.38. The Morgan fingerprint density at radius 1 is 0.687 bits per heavy atom. The molecule has 1 aromatic heterocycles. The average molecular weight is 1170 g/mol. The molecule has 0 saturated carbocycles. The van der Waals surface area contributed by atoms with E-state index in [9.17, 15) is 47.9 Å². The quantitative estimate of drug-likeness (QED) is 0.0125. The van der Waals surface area contributed by atoms with Gasteiger partial charge in [0.25, 0.3) is 17.7 Å². The molecule has 1 saturated heterocycles. The second-order valence-corrected chi connectivity index (χ2v) is 19.8. The van der Waals surface area contributed by atoms with Gasteiger partial charge in [0.15, 0.2) is 5.96 Å². The van der Waals surface area contributed by atoms with Crippen molar-refractivity contribution in [1.29, 1.82) is 5.41 Å². The Bertz CT molecular complexity index is 2320. The lowest BCUT2D eigenvalue weighted by molar-refractivity contribution is -0.136. The summed E-state index contributed by atoms with van der Waals surface area (Å²) in [6, 6.07) is -8.10. The molecule has 0 aromatic carbocycles. The molecule has 1 aromatic rings. The normalized spacial score (nSPS) is 15.5. The number of amides is 10. The summed E-state index contributed by atoms with van der Waals surface area (Å²) in [5.74, 6) is -7.84. The number of imidazole rings is 1. The van der Waals surface area contributed by atoms with E-state index < -0.39 is 108 Å². The molecule has 0 bridgehead atoms. The van der Waals surface area contributed by atoms with E-state index in [0.717, 1.165) is 0 Å². The maximum Gasteiger partial charge on any atom is 0.269 e. The summed E-state index contributed by atoms with van der Waals surface area (Å²) < 4.78 is 0. The first kappa shape index (κ1) is 71.6. The highest BCUT2D eigenvalue weighted by molar-refractivity contribution is 6.40. The van der Waals surface area contributed by atoms with Crippen molar-refractivity contribution in [2.75, 3.05) is 65.4 Å². The standard InChI is InChI=1S/C51H92N22O10/c1-31(66-45(78)37(17-22-56)68-43(76)33(58)11-2-5-18-52)42(75)64-29-41(74)67-38(14-8-21-55)50(83)73-26-10-16-40(73)49(82)72-39(27-32-28-61-30-65-32)48(81)71-35(13-4-7-20-54)46(79)70-36(15-9-24-63-51(59)60)47(80)69-34(12-3-6-19-53)44(77)62-25-23-57/h15,28,30-31,33-35,37,39-40H,2-14,16-27,29,52-58H2,1H3,(H,61,65)(H,62,77)(H,64,75)(H,66,78)(H,68,76)(H,69,80)(H,70,79)(H,71,81)(H,72,82)(H4,59,60,63)/b36-15-,67-38+/t31-,33-,34-,35-,37-,39-,40-/m0/s1. The molecule has 0 unspecified atom stereocenters. The van der Waals surface area contributed by atoms with Gasteiger partial charge in [0.2, 0.25) is 41.4 Å². The molecule has 0 spiro atoms. The molecule has 0 aliphatic carbocycles. The number of hydrogen-bond donors (Lipinski definition) is 19. The number of nitrogens with two attached hydrogens (primary N) is 8. The molecule has 32 heteroatoms. The number of H-pyrrole nitrogens is 1. The molecular formula is C51H92N22O10. The number of aromatic nitrogens is 2. The van der Waals surface area contributed by atoms with Crippen LogP contribution in [0.15, 0.2) is 29.3 Å². The third kappa shape index (κ3) is 27.4. The summed E-state index contributed by atoms with van der Waals surface area (Å²) in [6.45, 7) is 2.28. The number of nitrogens with one attached hydrogen (secondary N) is 11. The zero-order chi connectivity index (χ0) is 61.7. The smallest absolute Gasteiger partial charge is 0.269 e. The molecule has 1 fully saturated rings. The highest BCUT2D eigenvalue weighted by Gasteiger charge is 2.39. The molecule has 1 aliphatic rings. The maximum absolute atomic E-state index is 14.4. The van der Waals surface area contributed by atoms with Crippen molar-refractivity contribution in [3.63, 3.8) is 0 Å². The first-order chi connectivity index (χ1) is 39.7. The van der Waals surface area contributed by atoms with Crippen molar-refractivity contribution in [2.24, 2.45) is 50.9 Å². The van der Waals surface area contributed by atoms with E-state index in [1.807, 2.05) is 0 Å². The molecule has 10 amide bonds. The lowest BCUT2D eigenvalue weighted by Gasteiger charge is -2.28. The Labute approximate surface area is 483 Å². The Morgan fingerprint density at radius 3 is 1.90 bits per heavy atom. The third-order valence-corrected chi connectivity index (χ3v) is 13.0. The van der Waals surface area contributed by atoms with Gasteiger partial charge in [0, 0.05) is 44.5 Å². The number of hydrogen-bond acceptors (Lipinski definition) is 19. The number of nitrogens with zero attached hydrogens (tertiary/aromatic N) is 3. The van der Waals surface area contributed by atoms with Gasteiger partial charge in [-0.15, -0.1) is 0 Å². The van der Waals surface area contributed by atoms with Crippen LogP contribution in [0.25, 0.3) is 0 Å².